The smallest absolute Gasteiger partial charge is 0.253 e. The second-order valence-corrected chi connectivity index (χ2v) is 4.18. The molecular formula is C13H13N3O3. The first kappa shape index (κ1) is 12.8. The van der Waals surface area contributed by atoms with Crippen LogP contribution in [0.1, 0.15) is 10.4 Å². The topological polar surface area (TPSA) is 86.6 Å². The van der Waals surface area contributed by atoms with E-state index in [0.717, 1.165) is 6.07 Å². The summed E-state index contributed by atoms with van der Waals surface area (Å²) in [6.07, 6.45) is 0. The number of nitrogens with zero attached hydrogens (tertiary/aromatic N) is 3. The molecule has 0 aliphatic carbocycles. The first-order chi connectivity index (χ1) is 8.97. The summed E-state index contributed by atoms with van der Waals surface area (Å²) in [4.78, 5) is 20.8. The van der Waals surface area contributed by atoms with Gasteiger partial charge in [0.2, 0.25) is 11.8 Å². The van der Waals surface area contributed by atoms with Crippen molar-refractivity contribution in [3.63, 3.8) is 0 Å². The van der Waals surface area contributed by atoms with Gasteiger partial charge in [-0.3, -0.25) is 4.79 Å². The van der Waals surface area contributed by atoms with Gasteiger partial charge in [-0.15, -0.1) is 0 Å². The monoisotopic (exact) mass is 259 g/mol. The van der Waals surface area contributed by atoms with E-state index in [2.05, 4.69) is 9.97 Å². The van der Waals surface area contributed by atoms with Gasteiger partial charge in [-0.1, -0.05) is 12.1 Å². The van der Waals surface area contributed by atoms with E-state index in [4.69, 9.17) is 0 Å². The van der Waals surface area contributed by atoms with Crippen molar-refractivity contribution in [1.29, 1.82) is 0 Å². The highest BCUT2D eigenvalue weighted by molar-refractivity contribution is 5.94. The summed E-state index contributed by atoms with van der Waals surface area (Å²) in [5.74, 6) is -0.528. The van der Waals surface area contributed by atoms with Crippen molar-refractivity contribution in [1.82, 2.24) is 14.9 Å². The zero-order chi connectivity index (χ0) is 14.0. The van der Waals surface area contributed by atoms with E-state index < -0.39 is 0 Å². The molecule has 98 valence electrons. The van der Waals surface area contributed by atoms with Gasteiger partial charge >= 0.3 is 0 Å². The lowest BCUT2D eigenvalue weighted by atomic mass is 10.1. The van der Waals surface area contributed by atoms with Gasteiger partial charge in [-0.2, -0.15) is 9.97 Å². The number of benzene rings is 1. The quantitative estimate of drug-likeness (QED) is 0.847. The minimum absolute atomic E-state index is 0.105. The first-order valence-electron chi connectivity index (χ1n) is 5.56. The predicted octanol–water partition coefficient (Wildman–Crippen LogP) is 1.26. The Hall–Kier alpha value is -2.63. The molecule has 0 unspecified atom stereocenters. The van der Waals surface area contributed by atoms with E-state index in [9.17, 15) is 15.0 Å². The largest absolute Gasteiger partial charge is 0.493 e. The lowest BCUT2D eigenvalue weighted by Crippen LogP contribution is -2.21. The fourth-order valence-electron chi connectivity index (χ4n) is 1.57. The fraction of sp³-hybridized carbons (Fsp3) is 0.154. The van der Waals surface area contributed by atoms with Crippen LogP contribution < -0.4 is 0 Å². The summed E-state index contributed by atoms with van der Waals surface area (Å²) >= 11 is 0. The van der Waals surface area contributed by atoms with E-state index in [-0.39, 0.29) is 23.5 Å². The average molecular weight is 259 g/mol. The summed E-state index contributed by atoms with van der Waals surface area (Å²) in [5.41, 5.74) is 1.14. The van der Waals surface area contributed by atoms with Crippen LogP contribution in [0.25, 0.3) is 11.4 Å². The molecule has 0 radical (unpaired) electrons. The van der Waals surface area contributed by atoms with Gasteiger partial charge in [0.25, 0.3) is 5.91 Å². The molecule has 6 heteroatoms. The Balaban J connectivity index is 2.35. The van der Waals surface area contributed by atoms with Gasteiger partial charge < -0.3 is 15.1 Å². The number of amides is 1. The standard InChI is InChI=1S/C13H13N3O3/c1-16(2)13(19)9-5-3-8(4-6-9)12-14-10(17)7-11(18)15-12/h3-7H,1-2H3,(H2,14,15,17,18). The summed E-state index contributed by atoms with van der Waals surface area (Å²) < 4.78 is 0. The number of aromatic hydroxyl groups is 2. The molecule has 0 bridgehead atoms. The van der Waals surface area contributed by atoms with Crippen LogP contribution in [0, 0.1) is 0 Å². The second-order valence-electron chi connectivity index (χ2n) is 4.18. The highest BCUT2D eigenvalue weighted by Crippen LogP contribution is 2.21. The van der Waals surface area contributed by atoms with Crippen LogP contribution in [0.4, 0.5) is 0 Å². The van der Waals surface area contributed by atoms with Crippen LogP contribution in [0.15, 0.2) is 30.3 Å². The Morgan fingerprint density at radius 1 is 1.05 bits per heavy atom. The van der Waals surface area contributed by atoms with Crippen molar-refractivity contribution >= 4 is 5.91 Å². The molecule has 1 aromatic carbocycles. The van der Waals surface area contributed by atoms with Gasteiger partial charge in [-0.05, 0) is 12.1 Å². The van der Waals surface area contributed by atoms with E-state index in [1.807, 2.05) is 0 Å². The van der Waals surface area contributed by atoms with Crippen molar-refractivity contribution < 1.29 is 15.0 Å². The van der Waals surface area contributed by atoms with E-state index in [1.165, 1.54) is 4.90 Å². The maximum absolute atomic E-state index is 11.7. The molecule has 0 atom stereocenters. The van der Waals surface area contributed by atoms with Crippen LogP contribution in [0.3, 0.4) is 0 Å². The fourth-order valence-corrected chi connectivity index (χ4v) is 1.57. The first-order valence-corrected chi connectivity index (χ1v) is 5.56. The van der Waals surface area contributed by atoms with Crippen LogP contribution in [-0.2, 0) is 0 Å². The molecule has 0 spiro atoms. The third-order valence-corrected chi connectivity index (χ3v) is 2.50. The van der Waals surface area contributed by atoms with Crippen molar-refractivity contribution in [2.45, 2.75) is 0 Å². The molecule has 2 aromatic rings. The molecule has 2 rings (SSSR count). The highest BCUT2D eigenvalue weighted by Gasteiger charge is 2.09. The molecule has 0 aliphatic heterocycles. The number of carbonyl (C=O) groups excluding carboxylic acids is 1. The zero-order valence-corrected chi connectivity index (χ0v) is 10.5. The van der Waals surface area contributed by atoms with E-state index in [1.54, 1.807) is 38.4 Å². The maximum Gasteiger partial charge on any atom is 0.253 e. The lowest BCUT2D eigenvalue weighted by Gasteiger charge is -2.10. The number of carbonyl (C=O) groups is 1. The van der Waals surface area contributed by atoms with Gasteiger partial charge in [0.1, 0.15) is 0 Å². The lowest BCUT2D eigenvalue weighted by molar-refractivity contribution is 0.0827. The number of hydrogen-bond acceptors (Lipinski definition) is 5. The maximum atomic E-state index is 11.7. The number of hydrogen-bond donors (Lipinski definition) is 2. The molecular weight excluding hydrogens is 246 g/mol. The highest BCUT2D eigenvalue weighted by atomic mass is 16.3. The summed E-state index contributed by atoms with van der Waals surface area (Å²) in [6.45, 7) is 0. The van der Waals surface area contributed by atoms with Crippen molar-refractivity contribution in [3.05, 3.63) is 35.9 Å². The van der Waals surface area contributed by atoms with Crippen LogP contribution in [-0.4, -0.2) is 45.1 Å². The Morgan fingerprint density at radius 3 is 2.05 bits per heavy atom. The average Bonchev–Trinajstić information content (AvgIpc) is 2.37. The van der Waals surface area contributed by atoms with Gasteiger partial charge in [0.05, 0.1) is 6.07 Å². The summed E-state index contributed by atoms with van der Waals surface area (Å²) in [6, 6.07) is 7.65. The van der Waals surface area contributed by atoms with E-state index >= 15 is 0 Å². The Kier molecular flexibility index (Phi) is 3.33. The Labute approximate surface area is 110 Å². The van der Waals surface area contributed by atoms with Crippen molar-refractivity contribution in [2.24, 2.45) is 0 Å². The molecule has 1 heterocycles. The molecule has 2 N–H and O–H groups in total. The molecule has 19 heavy (non-hydrogen) atoms. The minimum atomic E-state index is -0.309. The summed E-state index contributed by atoms with van der Waals surface area (Å²) in [5, 5.41) is 18.6. The van der Waals surface area contributed by atoms with Crippen LogP contribution in [0.5, 0.6) is 11.8 Å². The van der Waals surface area contributed by atoms with Gasteiger partial charge in [0.15, 0.2) is 5.82 Å². The van der Waals surface area contributed by atoms with Gasteiger partial charge in [0, 0.05) is 25.2 Å². The van der Waals surface area contributed by atoms with Crippen molar-refractivity contribution in [3.8, 4) is 23.1 Å². The van der Waals surface area contributed by atoms with Crippen LogP contribution >= 0.6 is 0 Å². The number of rotatable bonds is 2. The molecule has 0 saturated heterocycles. The third-order valence-electron chi connectivity index (χ3n) is 2.50. The predicted molar refractivity (Wildman–Crippen MR) is 68.8 cm³/mol. The molecule has 6 nitrogen and oxygen atoms in total. The molecule has 1 aromatic heterocycles. The molecule has 1 amide bonds. The van der Waals surface area contributed by atoms with Gasteiger partial charge in [-0.25, -0.2) is 0 Å². The third kappa shape index (κ3) is 2.79. The second kappa shape index (κ2) is 4.93. The van der Waals surface area contributed by atoms with Crippen LogP contribution in [0.2, 0.25) is 0 Å². The summed E-state index contributed by atoms with van der Waals surface area (Å²) in [7, 11) is 3.35. The zero-order valence-electron chi connectivity index (χ0n) is 10.5. The molecule has 0 saturated carbocycles. The van der Waals surface area contributed by atoms with E-state index in [0.29, 0.717) is 11.1 Å². The molecule has 0 fully saturated rings. The number of aromatic nitrogens is 2. The minimum Gasteiger partial charge on any atom is -0.493 e. The Morgan fingerprint density at radius 2 is 1.58 bits per heavy atom. The Bertz CT molecular complexity index is 589. The van der Waals surface area contributed by atoms with Crippen molar-refractivity contribution in [2.75, 3.05) is 14.1 Å². The molecule has 0 aliphatic rings. The SMILES string of the molecule is CN(C)C(=O)c1ccc(-c2nc(O)cc(O)n2)cc1. The normalized spacial score (nSPS) is 10.2.